The molecule has 1 amide bonds. The number of benzene rings is 1. The first-order valence-electron chi connectivity index (χ1n) is 9.69. The molecule has 1 aromatic heterocycles. The molecule has 2 fully saturated rings. The summed E-state index contributed by atoms with van der Waals surface area (Å²) in [7, 11) is 0. The zero-order chi connectivity index (χ0) is 21.7. The van der Waals surface area contributed by atoms with Crippen LogP contribution in [0.1, 0.15) is 25.7 Å². The molecule has 0 atom stereocenters. The summed E-state index contributed by atoms with van der Waals surface area (Å²) < 4.78 is 25.3. The molecule has 4 rings (SSSR count). The molecule has 2 saturated heterocycles. The molecule has 30 heavy (non-hydrogen) atoms. The fourth-order valence-corrected chi connectivity index (χ4v) is 4.15. The van der Waals surface area contributed by atoms with Gasteiger partial charge >= 0.3 is 0 Å². The van der Waals surface area contributed by atoms with Crippen molar-refractivity contribution in [2.45, 2.75) is 36.6 Å². The molecule has 0 aliphatic carbocycles. The Labute approximate surface area is 183 Å². The van der Waals surface area contributed by atoms with Crippen LogP contribution in [0.4, 0.5) is 20.3 Å². The van der Waals surface area contributed by atoms with Gasteiger partial charge in [-0.1, -0.05) is 11.6 Å². The normalized spacial score (nSPS) is 17.1. The van der Waals surface area contributed by atoms with E-state index in [0.29, 0.717) is 22.0 Å². The second-order valence-corrected chi connectivity index (χ2v) is 8.38. The fourth-order valence-electron chi connectivity index (χ4n) is 3.61. The monoisotopic (exact) mass is 455 g/mol. The van der Waals surface area contributed by atoms with Crippen molar-refractivity contribution in [3.05, 3.63) is 41.3 Å². The molecular formula is C20H24ClF2N5OS. The molecule has 2 N–H and O–H groups in total. The van der Waals surface area contributed by atoms with Crippen LogP contribution in [0, 0.1) is 11.6 Å². The number of likely N-dealkylation sites (tertiary alicyclic amines) is 1. The second-order valence-electron chi connectivity index (χ2n) is 7.11. The summed E-state index contributed by atoms with van der Waals surface area (Å²) in [6, 6.07) is 2.83. The van der Waals surface area contributed by atoms with Crippen molar-refractivity contribution >= 4 is 40.8 Å². The molecule has 0 saturated carbocycles. The second kappa shape index (κ2) is 10.3. The minimum atomic E-state index is -0.700. The lowest BCUT2D eigenvalue weighted by Crippen LogP contribution is -2.45. The molecule has 0 radical (unpaired) electrons. The Kier molecular flexibility index (Phi) is 7.71. The third-order valence-corrected chi connectivity index (χ3v) is 6.14. The Hall–Kier alpha value is -2.13. The van der Waals surface area contributed by atoms with E-state index in [1.807, 2.05) is 0 Å². The zero-order valence-electron chi connectivity index (χ0n) is 16.7. The van der Waals surface area contributed by atoms with Gasteiger partial charge in [0.25, 0.3) is 0 Å². The Morgan fingerprint density at radius 2 is 1.80 bits per heavy atom. The fraction of sp³-hybridized carbons (Fsp3) is 0.450. The van der Waals surface area contributed by atoms with Gasteiger partial charge in [0.05, 0.1) is 12.4 Å². The lowest BCUT2D eigenvalue weighted by Gasteiger charge is -2.37. The van der Waals surface area contributed by atoms with Gasteiger partial charge in [0.2, 0.25) is 5.91 Å². The summed E-state index contributed by atoms with van der Waals surface area (Å²) in [6.45, 7) is 2.78. The highest BCUT2D eigenvalue weighted by molar-refractivity contribution is 7.98. The maximum Gasteiger partial charge on any atom is 0.222 e. The molecule has 3 heterocycles. The van der Waals surface area contributed by atoms with E-state index in [1.54, 1.807) is 18.6 Å². The topological polar surface area (TPSA) is 75.4 Å². The third kappa shape index (κ3) is 5.51. The van der Waals surface area contributed by atoms with Gasteiger partial charge in [0.1, 0.15) is 28.3 Å². The summed E-state index contributed by atoms with van der Waals surface area (Å²) in [5, 5.41) is 0.418. The molecule has 10 heteroatoms. The average Bonchev–Trinajstić information content (AvgIpc) is 3.18. The number of nitrogens with two attached hydrogens (primary N) is 1. The highest BCUT2D eigenvalue weighted by Gasteiger charge is 2.30. The Balaban J connectivity index is 0.000000199. The predicted molar refractivity (Wildman–Crippen MR) is 116 cm³/mol. The number of carbonyl (C=O) groups excluding carboxylic acids is 1. The van der Waals surface area contributed by atoms with Crippen LogP contribution in [-0.2, 0) is 4.79 Å². The third-order valence-electron chi connectivity index (χ3n) is 5.23. The number of amides is 1. The smallest absolute Gasteiger partial charge is 0.222 e. The van der Waals surface area contributed by atoms with E-state index in [2.05, 4.69) is 19.8 Å². The number of piperidine rings is 1. The number of halogens is 3. The lowest BCUT2D eigenvalue weighted by atomic mass is 10.0. The molecule has 2 aliphatic heterocycles. The number of thioether (sulfide) groups is 1. The lowest BCUT2D eigenvalue weighted by molar-refractivity contribution is -0.130. The highest BCUT2D eigenvalue weighted by Crippen LogP contribution is 2.25. The molecule has 0 bridgehead atoms. The molecule has 0 spiro atoms. The van der Waals surface area contributed by atoms with Crippen molar-refractivity contribution in [2.75, 3.05) is 36.5 Å². The molecule has 0 unspecified atom stereocenters. The average molecular weight is 456 g/mol. The molecule has 2 aliphatic rings. The van der Waals surface area contributed by atoms with E-state index in [-0.39, 0.29) is 0 Å². The van der Waals surface area contributed by atoms with Gasteiger partial charge in [-0.05, 0) is 37.7 Å². The van der Waals surface area contributed by atoms with Crippen LogP contribution in [0.15, 0.2) is 29.4 Å². The van der Waals surface area contributed by atoms with Crippen LogP contribution in [0.2, 0.25) is 5.15 Å². The minimum Gasteiger partial charge on any atom is -0.394 e. The first-order chi connectivity index (χ1) is 14.4. The zero-order valence-corrected chi connectivity index (χ0v) is 18.2. The van der Waals surface area contributed by atoms with Crippen LogP contribution in [0.3, 0.4) is 0 Å². The van der Waals surface area contributed by atoms with Crippen molar-refractivity contribution in [2.24, 2.45) is 0 Å². The van der Waals surface area contributed by atoms with Crippen molar-refractivity contribution in [1.29, 1.82) is 0 Å². The van der Waals surface area contributed by atoms with E-state index < -0.39 is 17.3 Å². The van der Waals surface area contributed by atoms with Gasteiger partial charge in [-0.3, -0.25) is 4.79 Å². The standard InChI is InChI=1S/C13H17ClN4O.C7H7F2NS/c14-11-8-16-12(9-15-11)17-6-3-10(4-7-17)18-5-1-2-13(18)19;1-11-4-2-5(8)7(10)6(9)3-4/h8-10H,1-7H2;2-3H,10H2,1H3. The van der Waals surface area contributed by atoms with Crippen LogP contribution in [0.5, 0.6) is 0 Å². The summed E-state index contributed by atoms with van der Waals surface area (Å²) in [5.74, 6) is -0.205. The largest absolute Gasteiger partial charge is 0.394 e. The number of rotatable bonds is 3. The number of nitrogen functional groups attached to an aromatic ring is 1. The first-order valence-corrected chi connectivity index (χ1v) is 11.3. The SMILES string of the molecule is CSc1cc(F)c(N)c(F)c1.O=C1CCCN1C1CCN(c2cnc(Cl)cn2)CC1. The highest BCUT2D eigenvalue weighted by atomic mass is 35.5. The maximum atomic E-state index is 12.6. The van der Waals surface area contributed by atoms with Gasteiger partial charge in [-0.15, -0.1) is 11.8 Å². The van der Waals surface area contributed by atoms with E-state index in [0.717, 1.165) is 51.1 Å². The van der Waals surface area contributed by atoms with Crippen LogP contribution < -0.4 is 10.6 Å². The van der Waals surface area contributed by atoms with E-state index in [4.69, 9.17) is 17.3 Å². The first kappa shape index (κ1) is 22.6. The predicted octanol–water partition coefficient (Wildman–Crippen LogP) is 3.99. The van der Waals surface area contributed by atoms with Crippen molar-refractivity contribution in [1.82, 2.24) is 14.9 Å². The number of aromatic nitrogens is 2. The van der Waals surface area contributed by atoms with Crippen LogP contribution in [-0.4, -0.2) is 52.7 Å². The van der Waals surface area contributed by atoms with Gasteiger partial charge in [-0.2, -0.15) is 0 Å². The number of hydrogen-bond acceptors (Lipinski definition) is 6. The summed E-state index contributed by atoms with van der Waals surface area (Å²) >= 11 is 7.01. The van der Waals surface area contributed by atoms with Gasteiger partial charge in [0, 0.05) is 37.0 Å². The Morgan fingerprint density at radius 3 is 2.30 bits per heavy atom. The van der Waals surface area contributed by atoms with Crippen molar-refractivity contribution < 1.29 is 13.6 Å². The molecular weight excluding hydrogens is 432 g/mol. The number of nitrogens with zero attached hydrogens (tertiary/aromatic N) is 4. The minimum absolute atomic E-state index is 0.324. The quantitative estimate of drug-likeness (QED) is 0.557. The maximum absolute atomic E-state index is 12.6. The van der Waals surface area contributed by atoms with Crippen LogP contribution >= 0.6 is 23.4 Å². The van der Waals surface area contributed by atoms with Gasteiger partial charge in [0.15, 0.2) is 0 Å². The Bertz CT molecular complexity index is 855. The molecule has 6 nitrogen and oxygen atoms in total. The summed E-state index contributed by atoms with van der Waals surface area (Å²) in [6.07, 6.45) is 8.79. The van der Waals surface area contributed by atoms with E-state index in [1.165, 1.54) is 23.9 Å². The summed E-state index contributed by atoms with van der Waals surface area (Å²) in [4.78, 5) is 24.9. The molecule has 1 aromatic carbocycles. The molecule has 162 valence electrons. The number of carbonyl (C=O) groups is 1. The summed E-state index contributed by atoms with van der Waals surface area (Å²) in [5.41, 5.74) is 4.63. The van der Waals surface area contributed by atoms with Gasteiger partial charge < -0.3 is 15.5 Å². The Morgan fingerprint density at radius 1 is 1.13 bits per heavy atom. The van der Waals surface area contributed by atoms with Crippen molar-refractivity contribution in [3.8, 4) is 0 Å². The number of hydrogen-bond donors (Lipinski definition) is 1. The van der Waals surface area contributed by atoms with E-state index in [9.17, 15) is 13.6 Å². The van der Waals surface area contributed by atoms with Gasteiger partial charge in [-0.25, -0.2) is 18.7 Å². The van der Waals surface area contributed by atoms with Crippen molar-refractivity contribution in [3.63, 3.8) is 0 Å². The number of anilines is 2. The molecule has 2 aromatic rings. The van der Waals surface area contributed by atoms with E-state index >= 15 is 0 Å². The van der Waals surface area contributed by atoms with Crippen LogP contribution in [0.25, 0.3) is 0 Å².